The average Bonchev–Trinajstić information content (AvgIpc) is 2.16. The predicted molar refractivity (Wildman–Crippen MR) is 59.9 cm³/mol. The summed E-state index contributed by atoms with van der Waals surface area (Å²) in [6, 6.07) is 4.59. The van der Waals surface area contributed by atoms with Crippen molar-refractivity contribution >= 4 is 39.3 Å². The molecule has 1 rings (SSSR count). The second-order valence-electron chi connectivity index (χ2n) is 2.60. The van der Waals surface area contributed by atoms with E-state index in [0.717, 1.165) is 6.08 Å². The summed E-state index contributed by atoms with van der Waals surface area (Å²) in [5.74, 6) is -0.672. The van der Waals surface area contributed by atoms with Crippen molar-refractivity contribution in [2.45, 2.75) is 0 Å². The molecule has 0 bridgehead atoms. The van der Waals surface area contributed by atoms with Crippen molar-refractivity contribution in [1.29, 1.82) is 0 Å². The monoisotopic (exact) mass is 404 g/mol. The molecule has 2 N–H and O–H groups in total. The molecule has 15 heavy (non-hydrogen) atoms. The summed E-state index contributed by atoms with van der Waals surface area (Å²) in [7, 11) is 1.43. The van der Waals surface area contributed by atoms with Crippen LogP contribution in [-0.4, -0.2) is 50.6 Å². The number of carbonyl (C=O) groups is 1. The van der Waals surface area contributed by atoms with Crippen molar-refractivity contribution in [3.63, 3.8) is 0 Å². The van der Waals surface area contributed by atoms with Gasteiger partial charge in [0, 0.05) is 6.08 Å². The molecule has 0 amide bonds. The average molecular weight is 403 g/mol. The molecule has 0 aliphatic carbocycles. The fraction of sp³-hybridized carbons (Fsp3) is 0.100. The number of rotatable bonds is 3. The number of carboxylic acids is 1. The van der Waals surface area contributed by atoms with E-state index in [1.54, 1.807) is 12.1 Å². The number of hydrogen-bond donors (Lipinski definition) is 2. The molecular weight excluding hydrogens is 391 g/mol. The van der Waals surface area contributed by atoms with Gasteiger partial charge in [-0.25, -0.2) is 4.79 Å². The van der Waals surface area contributed by atoms with E-state index in [4.69, 9.17) is 9.84 Å². The molecule has 1 aromatic rings. The SMILES string of the molecule is COc1cc(C=CC(=O)O)ccc1O.[PbH2]. The number of ether oxygens (including phenoxy) is 1. The van der Waals surface area contributed by atoms with Crippen LogP contribution in [0.1, 0.15) is 5.56 Å². The van der Waals surface area contributed by atoms with E-state index in [0.29, 0.717) is 11.3 Å². The first-order valence-corrected chi connectivity index (χ1v) is 3.91. The first-order chi connectivity index (χ1) is 6.63. The normalized spacial score (nSPS) is 9.67. The quantitative estimate of drug-likeness (QED) is 0.573. The zero-order valence-electron chi connectivity index (χ0n) is 8.30. The summed E-state index contributed by atoms with van der Waals surface area (Å²) >= 11 is 0. The van der Waals surface area contributed by atoms with Gasteiger partial charge in [-0.15, -0.1) is 0 Å². The van der Waals surface area contributed by atoms with Crippen LogP contribution in [0.3, 0.4) is 0 Å². The zero-order valence-corrected chi connectivity index (χ0v) is 13.8. The first-order valence-electron chi connectivity index (χ1n) is 3.91. The Morgan fingerprint density at radius 2 is 2.13 bits per heavy atom. The maximum atomic E-state index is 10.2. The number of aliphatic carboxylic acids is 1. The molecular formula is C10H12O4Pb. The molecule has 0 heterocycles. The van der Waals surface area contributed by atoms with Gasteiger partial charge in [-0.3, -0.25) is 0 Å². The van der Waals surface area contributed by atoms with Crippen LogP contribution in [0.25, 0.3) is 6.08 Å². The third kappa shape index (κ3) is 4.33. The van der Waals surface area contributed by atoms with Gasteiger partial charge in [0.05, 0.1) is 7.11 Å². The van der Waals surface area contributed by atoms with Crippen molar-refractivity contribution in [2.24, 2.45) is 0 Å². The minimum atomic E-state index is -1.02. The number of carboxylic acid groups (broad SMARTS) is 1. The zero-order chi connectivity index (χ0) is 10.6. The Labute approximate surface area is 107 Å². The predicted octanol–water partition coefficient (Wildman–Crippen LogP) is 0.582. The van der Waals surface area contributed by atoms with E-state index in [9.17, 15) is 9.90 Å². The summed E-state index contributed by atoms with van der Waals surface area (Å²) < 4.78 is 4.86. The summed E-state index contributed by atoms with van der Waals surface area (Å²) in [5, 5.41) is 17.6. The van der Waals surface area contributed by atoms with Crippen LogP contribution in [0.2, 0.25) is 0 Å². The van der Waals surface area contributed by atoms with E-state index < -0.39 is 5.97 Å². The van der Waals surface area contributed by atoms with Crippen molar-refractivity contribution in [3.8, 4) is 11.5 Å². The molecule has 0 atom stereocenters. The Morgan fingerprint density at radius 3 is 2.67 bits per heavy atom. The Balaban J connectivity index is 0.00000196. The molecule has 0 saturated heterocycles. The number of hydrogen-bond acceptors (Lipinski definition) is 3. The van der Waals surface area contributed by atoms with Crippen LogP contribution in [0, 0.1) is 0 Å². The van der Waals surface area contributed by atoms with Crippen LogP contribution in [0.15, 0.2) is 24.3 Å². The Kier molecular flexibility index (Phi) is 5.99. The molecule has 0 aliphatic heterocycles. The summed E-state index contributed by atoms with van der Waals surface area (Å²) in [4.78, 5) is 10.2. The van der Waals surface area contributed by atoms with Gasteiger partial charge in [0.25, 0.3) is 0 Å². The fourth-order valence-corrected chi connectivity index (χ4v) is 0.965. The second-order valence-corrected chi connectivity index (χ2v) is 2.60. The number of phenolic OH excluding ortho intramolecular Hbond substituents is 1. The molecule has 0 fully saturated rings. The molecule has 0 saturated carbocycles. The molecule has 0 aromatic heterocycles. The van der Waals surface area contributed by atoms with Gasteiger partial charge < -0.3 is 14.9 Å². The van der Waals surface area contributed by atoms with Crippen LogP contribution in [0.5, 0.6) is 11.5 Å². The number of phenols is 1. The standard InChI is InChI=1S/C10H10O4.Pb.2H/c1-14-9-6-7(2-4-8(9)11)3-5-10(12)13;;;/h2-6,11H,1H3,(H,12,13);;;. The maximum absolute atomic E-state index is 10.2. The van der Waals surface area contributed by atoms with Crippen LogP contribution >= 0.6 is 0 Å². The molecule has 80 valence electrons. The van der Waals surface area contributed by atoms with Gasteiger partial charge in [-0.05, 0) is 23.8 Å². The number of methoxy groups -OCH3 is 1. The number of benzene rings is 1. The second kappa shape index (κ2) is 6.44. The molecule has 5 heteroatoms. The van der Waals surface area contributed by atoms with Gasteiger partial charge in [-0.2, -0.15) is 0 Å². The van der Waals surface area contributed by atoms with Crippen molar-refractivity contribution in [3.05, 3.63) is 29.8 Å². The van der Waals surface area contributed by atoms with Gasteiger partial charge in [0.1, 0.15) is 0 Å². The number of aromatic hydroxyl groups is 1. The van der Waals surface area contributed by atoms with E-state index in [1.165, 1.54) is 19.3 Å². The van der Waals surface area contributed by atoms with Crippen molar-refractivity contribution in [2.75, 3.05) is 7.11 Å². The topological polar surface area (TPSA) is 66.8 Å². The summed E-state index contributed by atoms with van der Waals surface area (Å²) in [6.45, 7) is 0. The van der Waals surface area contributed by atoms with E-state index in [1.807, 2.05) is 0 Å². The van der Waals surface area contributed by atoms with Gasteiger partial charge in [0.2, 0.25) is 0 Å². The third-order valence-electron chi connectivity index (χ3n) is 1.62. The molecule has 0 spiro atoms. The molecule has 2 radical (unpaired) electrons. The third-order valence-corrected chi connectivity index (χ3v) is 1.62. The van der Waals surface area contributed by atoms with Gasteiger partial charge >= 0.3 is 33.3 Å². The molecule has 0 aliphatic rings. The Bertz CT molecular complexity index is 374. The fourth-order valence-electron chi connectivity index (χ4n) is 0.965. The Morgan fingerprint density at radius 1 is 1.47 bits per heavy atom. The van der Waals surface area contributed by atoms with Crippen molar-refractivity contribution in [1.82, 2.24) is 0 Å². The Hall–Kier alpha value is -1.05. The molecule has 0 unspecified atom stereocenters. The van der Waals surface area contributed by atoms with Gasteiger partial charge in [0.15, 0.2) is 11.5 Å². The summed E-state index contributed by atoms with van der Waals surface area (Å²) in [5.41, 5.74) is 0.655. The van der Waals surface area contributed by atoms with Gasteiger partial charge in [-0.1, -0.05) is 6.07 Å². The molecule has 4 nitrogen and oxygen atoms in total. The van der Waals surface area contributed by atoms with E-state index in [-0.39, 0.29) is 33.0 Å². The van der Waals surface area contributed by atoms with Crippen LogP contribution in [0.4, 0.5) is 0 Å². The molecule has 1 aromatic carbocycles. The van der Waals surface area contributed by atoms with Crippen LogP contribution in [-0.2, 0) is 4.79 Å². The van der Waals surface area contributed by atoms with E-state index >= 15 is 0 Å². The van der Waals surface area contributed by atoms with Crippen molar-refractivity contribution < 1.29 is 19.7 Å². The van der Waals surface area contributed by atoms with Crippen LogP contribution < -0.4 is 4.74 Å². The first kappa shape index (κ1) is 14.0. The van der Waals surface area contributed by atoms with E-state index in [2.05, 4.69) is 0 Å². The minimum absolute atomic E-state index is 0. The summed E-state index contributed by atoms with van der Waals surface area (Å²) in [6.07, 6.45) is 2.44.